The number of rotatable bonds is 9. The summed E-state index contributed by atoms with van der Waals surface area (Å²) in [6.45, 7) is 2.70. The van der Waals surface area contributed by atoms with Gasteiger partial charge in [-0.25, -0.2) is 9.00 Å². The monoisotopic (exact) mass is 603 g/mol. The Morgan fingerprint density at radius 3 is 2.48 bits per heavy atom. The molecule has 3 unspecified atom stereocenters. The maximum Gasteiger partial charge on any atom is 0.416 e. The molecule has 220 valence electrons. The number of piperazine rings is 1. The van der Waals surface area contributed by atoms with Crippen LogP contribution in [0.3, 0.4) is 0 Å². The first-order chi connectivity index (χ1) is 19.2. The third kappa shape index (κ3) is 8.17. The van der Waals surface area contributed by atoms with Gasteiger partial charge in [0.2, 0.25) is 0 Å². The maximum atomic E-state index is 13.5. The van der Waals surface area contributed by atoms with Crippen LogP contribution in [-0.2, 0) is 26.2 Å². The number of alkyl halides is 3. The Labute approximate surface area is 239 Å². The second kappa shape index (κ2) is 14.1. The van der Waals surface area contributed by atoms with Gasteiger partial charge in [-0.1, -0.05) is 23.7 Å². The average molecular weight is 604 g/mol. The van der Waals surface area contributed by atoms with Crippen LogP contribution in [0.25, 0.3) is 0 Å². The highest BCUT2D eigenvalue weighted by Gasteiger charge is 2.36. The van der Waals surface area contributed by atoms with E-state index in [9.17, 15) is 22.2 Å². The summed E-state index contributed by atoms with van der Waals surface area (Å²) in [7, 11) is 0. The van der Waals surface area contributed by atoms with Crippen molar-refractivity contribution < 1.29 is 36.2 Å². The number of ether oxygens (including phenoxy) is 1. The lowest BCUT2D eigenvalue weighted by Gasteiger charge is -2.42. The highest BCUT2D eigenvalue weighted by Crippen LogP contribution is 2.37. The molecule has 1 amide bonds. The van der Waals surface area contributed by atoms with Crippen LogP contribution in [0, 0.1) is 0 Å². The number of aliphatic hydroxyl groups is 1. The smallest absolute Gasteiger partial charge is 0.416 e. The van der Waals surface area contributed by atoms with Crippen molar-refractivity contribution in [3.8, 4) is 0 Å². The van der Waals surface area contributed by atoms with E-state index < -0.39 is 35.0 Å². The molecule has 8 nitrogen and oxygen atoms in total. The van der Waals surface area contributed by atoms with E-state index in [4.69, 9.17) is 25.6 Å². The second-order valence-corrected chi connectivity index (χ2v) is 11.4. The minimum atomic E-state index is -4.49. The number of aliphatic hydroxyl groups excluding tert-OH is 1. The molecule has 2 aromatic rings. The quantitative estimate of drug-likeness (QED) is 0.445. The molecule has 4 rings (SSSR count). The van der Waals surface area contributed by atoms with Crippen molar-refractivity contribution in [2.24, 2.45) is 0 Å². The largest absolute Gasteiger partial charge is 0.448 e. The van der Waals surface area contributed by atoms with Crippen LogP contribution < -0.4 is 0 Å². The van der Waals surface area contributed by atoms with Gasteiger partial charge in [0, 0.05) is 49.8 Å². The molecule has 2 aliphatic heterocycles. The zero-order valence-electron chi connectivity index (χ0n) is 21.9. The summed E-state index contributed by atoms with van der Waals surface area (Å²) in [6, 6.07) is 10.7. The van der Waals surface area contributed by atoms with Gasteiger partial charge in [-0.15, -0.1) is 0 Å². The number of piperidine rings is 1. The van der Waals surface area contributed by atoms with E-state index in [1.165, 1.54) is 6.07 Å². The van der Waals surface area contributed by atoms with Crippen LogP contribution in [0.2, 0.25) is 5.02 Å². The first-order valence-corrected chi connectivity index (χ1v) is 14.6. The van der Waals surface area contributed by atoms with Crippen LogP contribution in [0.15, 0.2) is 53.4 Å². The van der Waals surface area contributed by atoms with Crippen molar-refractivity contribution >= 4 is 28.8 Å². The van der Waals surface area contributed by atoms with Crippen molar-refractivity contribution in [1.29, 1.82) is 0 Å². The summed E-state index contributed by atoms with van der Waals surface area (Å²) >= 11 is 4.08. The predicted octanol–water partition coefficient (Wildman–Crippen LogP) is 4.70. The number of carbonyl (C=O) groups is 1. The maximum absolute atomic E-state index is 13.5. The summed E-state index contributed by atoms with van der Waals surface area (Å²) in [4.78, 5) is 18.7. The molecule has 2 aliphatic rings. The lowest BCUT2D eigenvalue weighted by Crippen LogP contribution is -2.51. The van der Waals surface area contributed by atoms with Gasteiger partial charge >= 0.3 is 12.3 Å². The van der Waals surface area contributed by atoms with Crippen molar-refractivity contribution in [3.05, 3.63) is 64.7 Å². The Hall–Kier alpha value is -2.22. The summed E-state index contributed by atoms with van der Waals surface area (Å²) in [5, 5.41) is 9.60. The molecule has 0 bridgehead atoms. The second-order valence-electron chi connectivity index (χ2n) is 9.80. The zero-order chi connectivity index (χ0) is 28.7. The summed E-state index contributed by atoms with van der Waals surface area (Å²) in [5.74, 6) is 0. The molecule has 0 saturated carbocycles. The Bertz CT molecular complexity index is 1150. The van der Waals surface area contributed by atoms with E-state index >= 15 is 0 Å². The lowest BCUT2D eigenvalue weighted by molar-refractivity contribution is -0.137. The van der Waals surface area contributed by atoms with Crippen LogP contribution in [-0.4, -0.2) is 88.8 Å². The molecule has 0 spiro atoms. The summed E-state index contributed by atoms with van der Waals surface area (Å²) in [6.07, 6.45) is -3.05. The van der Waals surface area contributed by atoms with Gasteiger partial charge in [0.15, 0.2) is 11.1 Å². The number of β-amino-alcohol motifs (C(OH)–C–C–N with tert-alkyl or cyclic N) is 1. The molecule has 0 radical (unpaired) electrons. The summed E-state index contributed by atoms with van der Waals surface area (Å²) in [5.41, 5.74) is -0.281. The minimum absolute atomic E-state index is 0.0160. The number of hydrogen-bond acceptors (Lipinski definition) is 7. The van der Waals surface area contributed by atoms with Crippen LogP contribution in [0.4, 0.5) is 18.0 Å². The number of likely N-dealkylation sites (tertiary alicyclic amines) is 1. The van der Waals surface area contributed by atoms with Crippen LogP contribution in [0.1, 0.15) is 36.4 Å². The van der Waals surface area contributed by atoms with Gasteiger partial charge in [0.05, 0.1) is 17.1 Å². The van der Waals surface area contributed by atoms with Gasteiger partial charge < -0.3 is 14.7 Å². The molecule has 0 aliphatic carbocycles. The van der Waals surface area contributed by atoms with Gasteiger partial charge in [-0.3, -0.25) is 14.0 Å². The molecule has 3 atom stereocenters. The highest BCUT2D eigenvalue weighted by atomic mass is 35.5. The van der Waals surface area contributed by atoms with Gasteiger partial charge in [0.25, 0.3) is 0 Å². The SMILES string of the molecule is O=C(OCC1CCCC(c2cccc(C(F)(F)F)c2)N1COS(=O)c1ccc(Cl)cc1)N1CCN(CCO)CC1. The minimum Gasteiger partial charge on any atom is -0.448 e. The average Bonchev–Trinajstić information content (AvgIpc) is 2.95. The number of hydrogen-bond donors (Lipinski definition) is 1. The predicted molar refractivity (Wildman–Crippen MR) is 144 cm³/mol. The molecule has 0 aromatic heterocycles. The van der Waals surface area contributed by atoms with E-state index in [1.54, 1.807) is 35.2 Å². The van der Waals surface area contributed by atoms with Gasteiger partial charge in [-0.05, 0) is 61.2 Å². The molecule has 2 saturated heterocycles. The Kier molecular flexibility index (Phi) is 10.8. The Balaban J connectivity index is 1.47. The number of benzene rings is 2. The molecular weight excluding hydrogens is 571 g/mol. The number of amides is 1. The van der Waals surface area contributed by atoms with E-state index in [1.807, 2.05) is 4.90 Å². The first-order valence-electron chi connectivity index (χ1n) is 13.1. The number of carbonyl (C=O) groups excluding carboxylic acids is 1. The standard InChI is InChI=1S/C27H33ClF3N3O5S/c28-22-7-9-24(10-8-22)40(37)39-19-34-23(18-38-26(36)33-13-11-32(12-14-33)15-16-35)5-2-6-25(34)20-3-1-4-21(17-20)27(29,30)31/h1,3-4,7-10,17,23,25,35H,2,5-6,11-16,18-19H2. The van der Waals surface area contributed by atoms with Gasteiger partial charge in [0.1, 0.15) is 13.3 Å². The topological polar surface area (TPSA) is 82.5 Å². The first kappa shape index (κ1) is 30.7. The molecular formula is C27H33ClF3N3O5S. The van der Waals surface area contributed by atoms with Crippen molar-refractivity contribution in [2.75, 3.05) is 52.7 Å². The Morgan fingerprint density at radius 1 is 1.07 bits per heavy atom. The molecule has 2 fully saturated rings. The van der Waals surface area contributed by atoms with Crippen molar-refractivity contribution in [1.82, 2.24) is 14.7 Å². The van der Waals surface area contributed by atoms with E-state index in [2.05, 4.69) is 4.90 Å². The van der Waals surface area contributed by atoms with Crippen LogP contribution in [0.5, 0.6) is 0 Å². The Morgan fingerprint density at radius 2 is 1.80 bits per heavy atom. The molecule has 2 heterocycles. The van der Waals surface area contributed by atoms with E-state index in [0.717, 1.165) is 12.1 Å². The summed E-state index contributed by atoms with van der Waals surface area (Å²) < 4.78 is 64.6. The third-order valence-electron chi connectivity index (χ3n) is 7.24. The van der Waals surface area contributed by atoms with Gasteiger partial charge in [-0.2, -0.15) is 13.2 Å². The fourth-order valence-corrected chi connectivity index (χ4v) is 5.90. The number of nitrogens with zero attached hydrogens (tertiary/aromatic N) is 3. The molecule has 13 heteroatoms. The van der Waals surface area contributed by atoms with Crippen molar-refractivity contribution in [2.45, 2.75) is 42.4 Å². The lowest BCUT2D eigenvalue weighted by atomic mass is 9.90. The molecule has 40 heavy (non-hydrogen) atoms. The van der Waals surface area contributed by atoms with Crippen LogP contribution >= 0.6 is 11.6 Å². The number of halogens is 4. The third-order valence-corrected chi connectivity index (χ3v) is 8.47. The van der Waals surface area contributed by atoms with Crippen molar-refractivity contribution in [3.63, 3.8) is 0 Å². The zero-order valence-corrected chi connectivity index (χ0v) is 23.5. The van der Waals surface area contributed by atoms with E-state index in [0.29, 0.717) is 67.5 Å². The highest BCUT2D eigenvalue weighted by molar-refractivity contribution is 7.80. The normalized spacial score (nSPS) is 21.8. The fraction of sp³-hybridized carbons (Fsp3) is 0.519. The molecule has 1 N–H and O–H groups in total. The molecule has 2 aromatic carbocycles. The van der Waals surface area contributed by atoms with E-state index in [-0.39, 0.29) is 26.0 Å². The fourth-order valence-electron chi connectivity index (χ4n) is 5.06.